The van der Waals surface area contributed by atoms with Gasteiger partial charge in [-0.25, -0.2) is 4.98 Å². The van der Waals surface area contributed by atoms with Crippen LogP contribution in [0.15, 0.2) is 11.6 Å². The fraction of sp³-hybridized carbons (Fsp3) is 0.500. The standard InChI is InChI=1S/C8H10N2O2S/c1-10-4-2-8(12,7(10)11)6-9-3-5-13-6/h3,5,12H,2,4H2,1H3. The Morgan fingerprint density at radius 3 is 3.00 bits per heavy atom. The molecule has 5 heteroatoms. The van der Waals surface area contributed by atoms with Crippen LogP contribution in [0.4, 0.5) is 0 Å². The van der Waals surface area contributed by atoms with Gasteiger partial charge >= 0.3 is 0 Å². The summed E-state index contributed by atoms with van der Waals surface area (Å²) in [5.74, 6) is -0.248. The number of nitrogens with zero attached hydrogens (tertiary/aromatic N) is 2. The number of carbonyl (C=O) groups is 1. The molecule has 0 spiro atoms. The van der Waals surface area contributed by atoms with E-state index in [0.717, 1.165) is 0 Å². The van der Waals surface area contributed by atoms with Crippen molar-refractivity contribution in [3.05, 3.63) is 16.6 Å². The predicted molar refractivity (Wildman–Crippen MR) is 48.3 cm³/mol. The van der Waals surface area contributed by atoms with Crippen molar-refractivity contribution in [1.82, 2.24) is 9.88 Å². The van der Waals surface area contributed by atoms with E-state index < -0.39 is 5.60 Å². The number of likely N-dealkylation sites (tertiary alicyclic amines) is 1. The van der Waals surface area contributed by atoms with E-state index in [1.165, 1.54) is 16.2 Å². The molecule has 0 aromatic carbocycles. The van der Waals surface area contributed by atoms with Crippen molar-refractivity contribution in [2.45, 2.75) is 12.0 Å². The van der Waals surface area contributed by atoms with E-state index in [9.17, 15) is 9.90 Å². The minimum absolute atomic E-state index is 0.248. The van der Waals surface area contributed by atoms with Gasteiger partial charge in [-0.3, -0.25) is 4.79 Å². The van der Waals surface area contributed by atoms with Crippen molar-refractivity contribution in [3.8, 4) is 0 Å². The Kier molecular flexibility index (Phi) is 1.85. The van der Waals surface area contributed by atoms with Crippen LogP contribution in [0, 0.1) is 0 Å². The van der Waals surface area contributed by atoms with E-state index in [1.807, 2.05) is 0 Å². The summed E-state index contributed by atoms with van der Waals surface area (Å²) in [5.41, 5.74) is -1.36. The molecule has 0 radical (unpaired) electrons. The molecule has 70 valence electrons. The van der Waals surface area contributed by atoms with E-state index in [-0.39, 0.29) is 5.91 Å². The summed E-state index contributed by atoms with van der Waals surface area (Å²) >= 11 is 1.32. The lowest BCUT2D eigenvalue weighted by atomic mass is 10.0. The zero-order valence-electron chi connectivity index (χ0n) is 7.23. The second-order valence-corrected chi connectivity index (χ2v) is 4.07. The molecule has 0 saturated carbocycles. The maximum Gasteiger partial charge on any atom is 0.261 e. The maximum atomic E-state index is 11.6. The van der Waals surface area contributed by atoms with Crippen molar-refractivity contribution >= 4 is 17.2 Å². The third-order valence-corrected chi connectivity index (χ3v) is 3.22. The number of aliphatic hydroxyl groups is 1. The summed E-state index contributed by atoms with van der Waals surface area (Å²) in [6, 6.07) is 0. The number of amides is 1. The molecule has 13 heavy (non-hydrogen) atoms. The molecule has 1 saturated heterocycles. The first-order valence-electron chi connectivity index (χ1n) is 4.02. The number of hydrogen-bond donors (Lipinski definition) is 1. The lowest BCUT2D eigenvalue weighted by Crippen LogP contribution is -2.35. The molecule has 1 fully saturated rings. The summed E-state index contributed by atoms with van der Waals surface area (Å²) in [7, 11) is 1.69. The van der Waals surface area contributed by atoms with Gasteiger partial charge in [0.25, 0.3) is 5.91 Å². The third kappa shape index (κ3) is 1.15. The van der Waals surface area contributed by atoms with Crippen LogP contribution in [0.1, 0.15) is 11.4 Å². The Morgan fingerprint density at radius 2 is 2.54 bits per heavy atom. The van der Waals surface area contributed by atoms with Crippen LogP contribution in [-0.2, 0) is 10.4 Å². The van der Waals surface area contributed by atoms with Gasteiger partial charge < -0.3 is 10.0 Å². The first-order valence-corrected chi connectivity index (χ1v) is 4.90. The van der Waals surface area contributed by atoms with Crippen molar-refractivity contribution in [1.29, 1.82) is 0 Å². The molecule has 1 atom stereocenters. The van der Waals surface area contributed by atoms with E-state index >= 15 is 0 Å². The molecular weight excluding hydrogens is 188 g/mol. The van der Waals surface area contributed by atoms with Crippen LogP contribution >= 0.6 is 11.3 Å². The first kappa shape index (κ1) is 8.65. The smallest absolute Gasteiger partial charge is 0.261 e. The van der Waals surface area contributed by atoms with Crippen LogP contribution in [0.25, 0.3) is 0 Å². The van der Waals surface area contributed by atoms with Gasteiger partial charge in [-0.1, -0.05) is 0 Å². The van der Waals surface area contributed by atoms with Crippen molar-refractivity contribution in [3.63, 3.8) is 0 Å². The van der Waals surface area contributed by atoms with Gasteiger partial charge in [-0.2, -0.15) is 0 Å². The van der Waals surface area contributed by atoms with E-state index in [2.05, 4.69) is 4.98 Å². The Labute approximate surface area is 79.8 Å². The van der Waals surface area contributed by atoms with Crippen molar-refractivity contribution in [2.24, 2.45) is 0 Å². The first-order chi connectivity index (χ1) is 6.14. The van der Waals surface area contributed by atoms with Crippen LogP contribution in [-0.4, -0.2) is 34.5 Å². The van der Waals surface area contributed by atoms with Crippen LogP contribution in [0.5, 0.6) is 0 Å². The number of thiazole rings is 1. The lowest BCUT2D eigenvalue weighted by molar-refractivity contribution is -0.143. The molecule has 2 rings (SSSR count). The van der Waals surface area contributed by atoms with Crippen LogP contribution < -0.4 is 0 Å². The number of carbonyl (C=O) groups excluding carboxylic acids is 1. The van der Waals surface area contributed by atoms with Crippen LogP contribution in [0.2, 0.25) is 0 Å². The summed E-state index contributed by atoms with van der Waals surface area (Å²) < 4.78 is 0. The average molecular weight is 198 g/mol. The maximum absolute atomic E-state index is 11.6. The number of aromatic nitrogens is 1. The number of likely N-dealkylation sites (N-methyl/N-ethyl adjacent to an activating group) is 1. The minimum Gasteiger partial charge on any atom is -0.373 e. The van der Waals surface area contributed by atoms with Gasteiger partial charge in [0, 0.05) is 31.6 Å². The summed E-state index contributed by atoms with van der Waals surface area (Å²) in [4.78, 5) is 17.1. The van der Waals surface area contributed by atoms with E-state index in [4.69, 9.17) is 0 Å². The Bertz CT molecular complexity index is 325. The number of rotatable bonds is 1. The zero-order chi connectivity index (χ0) is 9.47. The second-order valence-electron chi connectivity index (χ2n) is 3.17. The second kappa shape index (κ2) is 2.78. The molecule has 1 unspecified atom stereocenters. The van der Waals surface area contributed by atoms with Gasteiger partial charge in [0.05, 0.1) is 0 Å². The van der Waals surface area contributed by atoms with Gasteiger partial charge in [0.15, 0.2) is 5.60 Å². The molecule has 1 aliphatic heterocycles. The average Bonchev–Trinajstić information content (AvgIpc) is 2.71. The minimum atomic E-state index is -1.36. The van der Waals surface area contributed by atoms with Crippen molar-refractivity contribution < 1.29 is 9.90 Å². The fourth-order valence-corrected chi connectivity index (χ4v) is 2.24. The van der Waals surface area contributed by atoms with Crippen molar-refractivity contribution in [2.75, 3.05) is 13.6 Å². The normalized spacial score (nSPS) is 28.5. The van der Waals surface area contributed by atoms with Gasteiger partial charge in [0.1, 0.15) is 5.01 Å². The molecule has 1 N–H and O–H groups in total. The molecule has 4 nitrogen and oxygen atoms in total. The SMILES string of the molecule is CN1CCC(O)(c2nccs2)C1=O. The molecule has 2 heterocycles. The summed E-state index contributed by atoms with van der Waals surface area (Å²) in [5, 5.41) is 12.3. The highest BCUT2D eigenvalue weighted by Gasteiger charge is 2.47. The van der Waals surface area contributed by atoms with E-state index in [1.54, 1.807) is 18.6 Å². The highest BCUT2D eigenvalue weighted by atomic mass is 32.1. The topological polar surface area (TPSA) is 53.4 Å². The highest BCUT2D eigenvalue weighted by Crippen LogP contribution is 2.33. The molecule has 0 aliphatic carbocycles. The Hall–Kier alpha value is -0.940. The van der Waals surface area contributed by atoms with Gasteiger partial charge in [-0.05, 0) is 0 Å². The molecule has 1 aliphatic rings. The molecular formula is C8H10N2O2S. The third-order valence-electron chi connectivity index (χ3n) is 2.30. The van der Waals surface area contributed by atoms with Gasteiger partial charge in [-0.15, -0.1) is 11.3 Å². The molecule has 0 bridgehead atoms. The van der Waals surface area contributed by atoms with E-state index in [0.29, 0.717) is 18.0 Å². The monoisotopic (exact) mass is 198 g/mol. The molecule has 1 aromatic rings. The molecule has 1 aromatic heterocycles. The Balaban J connectivity index is 2.37. The lowest BCUT2D eigenvalue weighted by Gasteiger charge is -2.17. The highest BCUT2D eigenvalue weighted by molar-refractivity contribution is 7.09. The largest absolute Gasteiger partial charge is 0.373 e. The Morgan fingerprint density at radius 1 is 1.77 bits per heavy atom. The fourth-order valence-electron chi connectivity index (χ4n) is 1.48. The summed E-state index contributed by atoms with van der Waals surface area (Å²) in [6.07, 6.45) is 2.04. The molecule has 1 amide bonds. The quantitative estimate of drug-likeness (QED) is 0.701. The van der Waals surface area contributed by atoms with Gasteiger partial charge in [0.2, 0.25) is 0 Å². The zero-order valence-corrected chi connectivity index (χ0v) is 8.04. The summed E-state index contributed by atoms with van der Waals surface area (Å²) in [6.45, 7) is 0.592. The number of hydrogen-bond acceptors (Lipinski definition) is 4. The predicted octanol–water partition coefficient (Wildman–Crippen LogP) is 0.193. The van der Waals surface area contributed by atoms with Crippen LogP contribution in [0.3, 0.4) is 0 Å².